The molecule has 0 spiro atoms. The Labute approximate surface area is 103 Å². The standard InChI is InChI=1S/C14H21N3/c1-11-5-12(7-15-6-11)8-17-9-13-3-2-4-16-14(13)10-17/h5-7,13-14,16H,2-4,8-10H2,1H3/t13-,14+/m0/s1. The number of rotatable bonds is 2. The van der Waals surface area contributed by atoms with Crippen molar-refractivity contribution in [2.24, 2.45) is 5.92 Å². The minimum Gasteiger partial charge on any atom is -0.312 e. The van der Waals surface area contributed by atoms with Crippen molar-refractivity contribution in [3.8, 4) is 0 Å². The van der Waals surface area contributed by atoms with Crippen LogP contribution in [0.3, 0.4) is 0 Å². The van der Waals surface area contributed by atoms with E-state index < -0.39 is 0 Å². The molecule has 0 bridgehead atoms. The first kappa shape index (κ1) is 11.2. The summed E-state index contributed by atoms with van der Waals surface area (Å²) in [5.74, 6) is 0.876. The zero-order valence-electron chi connectivity index (χ0n) is 10.5. The first-order chi connectivity index (χ1) is 8.31. The normalized spacial score (nSPS) is 29.2. The highest BCUT2D eigenvalue weighted by Gasteiger charge is 2.33. The van der Waals surface area contributed by atoms with Crippen molar-refractivity contribution in [2.45, 2.75) is 32.4 Å². The topological polar surface area (TPSA) is 28.2 Å². The van der Waals surface area contributed by atoms with Gasteiger partial charge in [0.05, 0.1) is 0 Å². The lowest BCUT2D eigenvalue weighted by molar-refractivity contribution is 0.312. The molecule has 0 saturated carbocycles. The van der Waals surface area contributed by atoms with E-state index in [2.05, 4.69) is 28.2 Å². The summed E-state index contributed by atoms with van der Waals surface area (Å²) >= 11 is 0. The molecule has 0 aromatic carbocycles. The van der Waals surface area contributed by atoms with E-state index in [1.807, 2.05) is 12.4 Å². The lowest BCUT2D eigenvalue weighted by Gasteiger charge is -2.24. The third-order valence-electron chi connectivity index (χ3n) is 4.01. The molecule has 0 aliphatic carbocycles. The predicted molar refractivity (Wildman–Crippen MR) is 68.8 cm³/mol. The zero-order chi connectivity index (χ0) is 11.7. The fourth-order valence-corrected chi connectivity index (χ4v) is 3.23. The number of hydrogen-bond acceptors (Lipinski definition) is 3. The number of pyridine rings is 1. The fraction of sp³-hybridized carbons (Fsp3) is 0.643. The lowest BCUT2D eigenvalue weighted by Crippen LogP contribution is -2.40. The van der Waals surface area contributed by atoms with Crippen LogP contribution in [0.2, 0.25) is 0 Å². The Bertz CT molecular complexity index is 377. The maximum atomic E-state index is 4.27. The van der Waals surface area contributed by atoms with Gasteiger partial charge in [-0.3, -0.25) is 9.88 Å². The molecule has 92 valence electrons. The second kappa shape index (κ2) is 4.75. The molecule has 3 rings (SSSR count). The third kappa shape index (κ3) is 2.50. The van der Waals surface area contributed by atoms with Crippen LogP contribution in [-0.4, -0.2) is 35.6 Å². The van der Waals surface area contributed by atoms with E-state index in [0.29, 0.717) is 0 Å². The molecule has 1 N–H and O–H groups in total. The molecule has 2 aliphatic heterocycles. The van der Waals surface area contributed by atoms with Crippen LogP contribution >= 0.6 is 0 Å². The first-order valence-corrected chi connectivity index (χ1v) is 6.67. The highest BCUT2D eigenvalue weighted by molar-refractivity contribution is 5.16. The van der Waals surface area contributed by atoms with Gasteiger partial charge >= 0.3 is 0 Å². The van der Waals surface area contributed by atoms with Crippen molar-refractivity contribution in [1.29, 1.82) is 0 Å². The van der Waals surface area contributed by atoms with Gasteiger partial charge in [-0.25, -0.2) is 0 Å². The smallest absolute Gasteiger partial charge is 0.0313 e. The number of piperidine rings is 1. The Hall–Kier alpha value is -0.930. The quantitative estimate of drug-likeness (QED) is 0.837. The molecule has 2 atom stereocenters. The second-order valence-corrected chi connectivity index (χ2v) is 5.53. The summed E-state index contributed by atoms with van der Waals surface area (Å²) in [4.78, 5) is 6.85. The van der Waals surface area contributed by atoms with Gasteiger partial charge in [-0.1, -0.05) is 6.07 Å². The van der Waals surface area contributed by atoms with Gasteiger partial charge in [0.15, 0.2) is 0 Å². The van der Waals surface area contributed by atoms with Gasteiger partial charge < -0.3 is 5.32 Å². The number of fused-ring (bicyclic) bond motifs is 1. The van der Waals surface area contributed by atoms with Gasteiger partial charge in [-0.15, -0.1) is 0 Å². The van der Waals surface area contributed by atoms with Gasteiger partial charge in [0, 0.05) is 38.1 Å². The number of hydrogen-bond donors (Lipinski definition) is 1. The molecule has 2 aliphatic rings. The SMILES string of the molecule is Cc1cncc(CN2C[C@@H]3CCCN[C@@H]3C2)c1. The third-order valence-corrected chi connectivity index (χ3v) is 4.01. The average molecular weight is 231 g/mol. The van der Waals surface area contributed by atoms with E-state index in [1.165, 1.54) is 43.6 Å². The Morgan fingerprint density at radius 2 is 2.35 bits per heavy atom. The van der Waals surface area contributed by atoms with Crippen LogP contribution in [0, 0.1) is 12.8 Å². The van der Waals surface area contributed by atoms with Crippen molar-refractivity contribution in [1.82, 2.24) is 15.2 Å². The largest absolute Gasteiger partial charge is 0.312 e. The summed E-state index contributed by atoms with van der Waals surface area (Å²) in [5.41, 5.74) is 2.61. The maximum absolute atomic E-state index is 4.27. The van der Waals surface area contributed by atoms with E-state index in [9.17, 15) is 0 Å². The van der Waals surface area contributed by atoms with Crippen LogP contribution in [0.5, 0.6) is 0 Å². The monoisotopic (exact) mass is 231 g/mol. The number of nitrogens with one attached hydrogen (secondary N) is 1. The number of likely N-dealkylation sites (tertiary alicyclic amines) is 1. The maximum Gasteiger partial charge on any atom is 0.0313 e. The minimum atomic E-state index is 0.738. The van der Waals surface area contributed by atoms with Crippen molar-refractivity contribution >= 4 is 0 Å². The summed E-state index contributed by atoms with van der Waals surface area (Å²) in [5, 5.41) is 3.65. The van der Waals surface area contributed by atoms with Gasteiger partial charge in [0.2, 0.25) is 0 Å². The molecular weight excluding hydrogens is 210 g/mol. The Balaban J connectivity index is 1.63. The zero-order valence-corrected chi connectivity index (χ0v) is 10.5. The molecule has 2 saturated heterocycles. The number of nitrogens with zero attached hydrogens (tertiary/aromatic N) is 2. The summed E-state index contributed by atoms with van der Waals surface area (Å²) in [6.07, 6.45) is 6.68. The van der Waals surface area contributed by atoms with Gasteiger partial charge in [-0.2, -0.15) is 0 Å². The molecule has 1 aromatic rings. The molecular formula is C14H21N3. The van der Waals surface area contributed by atoms with Crippen molar-refractivity contribution < 1.29 is 0 Å². The highest BCUT2D eigenvalue weighted by atomic mass is 15.2. The summed E-state index contributed by atoms with van der Waals surface area (Å²) in [7, 11) is 0. The van der Waals surface area contributed by atoms with Gasteiger partial charge in [-0.05, 0) is 43.4 Å². The average Bonchev–Trinajstić information content (AvgIpc) is 2.71. The molecule has 0 radical (unpaired) electrons. The van der Waals surface area contributed by atoms with E-state index >= 15 is 0 Å². The van der Waals surface area contributed by atoms with Gasteiger partial charge in [0.1, 0.15) is 0 Å². The summed E-state index contributed by atoms with van der Waals surface area (Å²) in [6.45, 7) is 6.84. The highest BCUT2D eigenvalue weighted by Crippen LogP contribution is 2.25. The fourth-order valence-electron chi connectivity index (χ4n) is 3.23. The molecule has 0 unspecified atom stereocenters. The second-order valence-electron chi connectivity index (χ2n) is 5.53. The molecule has 0 amide bonds. The van der Waals surface area contributed by atoms with E-state index in [1.54, 1.807) is 0 Å². The van der Waals surface area contributed by atoms with E-state index in [4.69, 9.17) is 0 Å². The molecule has 17 heavy (non-hydrogen) atoms. The van der Waals surface area contributed by atoms with Crippen LogP contribution < -0.4 is 5.32 Å². The van der Waals surface area contributed by atoms with Crippen LogP contribution in [0.15, 0.2) is 18.5 Å². The lowest BCUT2D eigenvalue weighted by atomic mass is 9.94. The number of aryl methyl sites for hydroxylation is 1. The molecule has 1 aromatic heterocycles. The Morgan fingerprint density at radius 1 is 1.41 bits per heavy atom. The molecule has 3 nitrogen and oxygen atoms in total. The first-order valence-electron chi connectivity index (χ1n) is 6.67. The number of aromatic nitrogens is 1. The molecule has 3 heteroatoms. The Morgan fingerprint density at radius 3 is 3.18 bits per heavy atom. The molecule has 2 fully saturated rings. The summed E-state index contributed by atoms with van der Waals surface area (Å²) in [6, 6.07) is 2.99. The predicted octanol–water partition coefficient (Wildman–Crippen LogP) is 1.57. The van der Waals surface area contributed by atoms with Crippen LogP contribution in [0.25, 0.3) is 0 Å². The van der Waals surface area contributed by atoms with Crippen LogP contribution in [-0.2, 0) is 6.54 Å². The van der Waals surface area contributed by atoms with E-state index in [-0.39, 0.29) is 0 Å². The summed E-state index contributed by atoms with van der Waals surface area (Å²) < 4.78 is 0. The Kier molecular flexibility index (Phi) is 3.12. The van der Waals surface area contributed by atoms with E-state index in [0.717, 1.165) is 18.5 Å². The molecule has 3 heterocycles. The minimum absolute atomic E-state index is 0.738. The van der Waals surface area contributed by atoms with Crippen molar-refractivity contribution in [3.05, 3.63) is 29.6 Å². The van der Waals surface area contributed by atoms with Gasteiger partial charge in [0.25, 0.3) is 0 Å². The van der Waals surface area contributed by atoms with Crippen LogP contribution in [0.1, 0.15) is 24.0 Å². The van der Waals surface area contributed by atoms with Crippen LogP contribution in [0.4, 0.5) is 0 Å². The van der Waals surface area contributed by atoms with Crippen molar-refractivity contribution in [3.63, 3.8) is 0 Å². The van der Waals surface area contributed by atoms with Crippen molar-refractivity contribution in [2.75, 3.05) is 19.6 Å².